The number of sulfonamides is 1. The Morgan fingerprint density at radius 1 is 1.09 bits per heavy atom. The monoisotopic (exact) mass is 489 g/mol. The molecule has 9 heteroatoms. The number of carbonyl (C=O) groups excluding carboxylic acids is 2. The number of hydrogen-bond acceptors (Lipinski definition) is 5. The van der Waals surface area contributed by atoms with Crippen LogP contribution in [0.2, 0.25) is 0 Å². The van der Waals surface area contributed by atoms with Crippen LogP contribution in [0.4, 0.5) is 5.69 Å². The zero-order valence-corrected chi connectivity index (χ0v) is 21.8. The highest BCUT2D eigenvalue weighted by atomic mass is 32.2. The first-order chi connectivity index (χ1) is 15.7. The minimum absolute atomic E-state index is 0.166. The number of nitrogens with zero attached hydrogens (tertiary/aromatic N) is 2. The molecule has 0 unspecified atom stereocenters. The van der Waals surface area contributed by atoms with Crippen molar-refractivity contribution in [2.45, 2.75) is 52.7 Å². The van der Waals surface area contributed by atoms with Crippen molar-refractivity contribution >= 4 is 27.5 Å². The molecule has 0 aliphatic carbocycles. The van der Waals surface area contributed by atoms with Gasteiger partial charge in [-0.25, -0.2) is 8.42 Å². The fourth-order valence-corrected chi connectivity index (χ4v) is 4.28. The Hall–Kier alpha value is -3.07. The van der Waals surface area contributed by atoms with Gasteiger partial charge in [0.25, 0.3) is 0 Å². The first-order valence-corrected chi connectivity index (χ1v) is 12.8. The van der Waals surface area contributed by atoms with Gasteiger partial charge in [0.2, 0.25) is 21.8 Å². The van der Waals surface area contributed by atoms with Crippen molar-refractivity contribution in [2.24, 2.45) is 0 Å². The van der Waals surface area contributed by atoms with E-state index in [0.29, 0.717) is 11.4 Å². The van der Waals surface area contributed by atoms with E-state index in [1.54, 1.807) is 31.2 Å². The molecule has 2 amide bonds. The Labute approximate surface area is 202 Å². The van der Waals surface area contributed by atoms with Gasteiger partial charge in [-0.3, -0.25) is 13.9 Å². The molecular formula is C25H35N3O5S. The highest BCUT2D eigenvalue weighted by molar-refractivity contribution is 7.92. The molecule has 2 rings (SSSR count). The molecule has 2 aromatic rings. The van der Waals surface area contributed by atoms with Crippen molar-refractivity contribution in [1.29, 1.82) is 0 Å². The molecule has 2 aromatic carbocycles. The summed E-state index contributed by atoms with van der Waals surface area (Å²) in [5.74, 6) is -0.236. The molecule has 0 fully saturated rings. The second kappa shape index (κ2) is 10.9. The number of ether oxygens (including phenoxy) is 1. The molecule has 0 aliphatic rings. The lowest BCUT2D eigenvalue weighted by Crippen LogP contribution is -2.54. The Kier molecular flexibility index (Phi) is 8.72. The van der Waals surface area contributed by atoms with Crippen molar-refractivity contribution in [3.8, 4) is 5.75 Å². The van der Waals surface area contributed by atoms with Crippen LogP contribution in [0.3, 0.4) is 0 Å². The van der Waals surface area contributed by atoms with Gasteiger partial charge in [0.05, 0.1) is 19.1 Å². The predicted octanol–water partition coefficient (Wildman–Crippen LogP) is 3.10. The van der Waals surface area contributed by atoms with E-state index in [4.69, 9.17) is 4.74 Å². The lowest BCUT2D eigenvalue weighted by atomic mass is 10.1. The number of benzene rings is 2. The van der Waals surface area contributed by atoms with Crippen LogP contribution < -0.4 is 14.4 Å². The lowest BCUT2D eigenvalue weighted by molar-refractivity contribution is -0.140. The van der Waals surface area contributed by atoms with Crippen LogP contribution >= 0.6 is 0 Å². The molecule has 1 N–H and O–H groups in total. The first-order valence-electron chi connectivity index (χ1n) is 11.0. The molecule has 0 spiro atoms. The molecule has 0 saturated carbocycles. The summed E-state index contributed by atoms with van der Waals surface area (Å²) >= 11 is 0. The summed E-state index contributed by atoms with van der Waals surface area (Å²) in [6.07, 6.45) is 1.05. The number of carbonyl (C=O) groups is 2. The molecule has 34 heavy (non-hydrogen) atoms. The summed E-state index contributed by atoms with van der Waals surface area (Å²) in [6, 6.07) is 13.2. The average molecular weight is 490 g/mol. The number of anilines is 1. The van der Waals surface area contributed by atoms with E-state index in [1.807, 2.05) is 52.0 Å². The summed E-state index contributed by atoms with van der Waals surface area (Å²) in [7, 11) is -2.26. The van der Waals surface area contributed by atoms with Crippen LogP contribution in [-0.4, -0.2) is 56.6 Å². The van der Waals surface area contributed by atoms with Crippen molar-refractivity contribution < 1.29 is 22.7 Å². The summed E-state index contributed by atoms with van der Waals surface area (Å²) in [6.45, 7) is 8.90. The van der Waals surface area contributed by atoms with Gasteiger partial charge >= 0.3 is 0 Å². The van der Waals surface area contributed by atoms with Crippen LogP contribution in [0, 0.1) is 6.92 Å². The topological polar surface area (TPSA) is 96.0 Å². The maximum atomic E-state index is 13.5. The largest absolute Gasteiger partial charge is 0.497 e. The van der Waals surface area contributed by atoms with Crippen LogP contribution in [0.15, 0.2) is 48.5 Å². The number of aryl methyl sites for hydroxylation is 1. The minimum atomic E-state index is -3.78. The van der Waals surface area contributed by atoms with Gasteiger partial charge in [-0.15, -0.1) is 0 Å². The van der Waals surface area contributed by atoms with E-state index in [1.165, 1.54) is 12.0 Å². The predicted molar refractivity (Wildman–Crippen MR) is 134 cm³/mol. The Balaban J connectivity index is 2.39. The minimum Gasteiger partial charge on any atom is -0.497 e. The van der Waals surface area contributed by atoms with Gasteiger partial charge < -0.3 is 15.0 Å². The van der Waals surface area contributed by atoms with Gasteiger partial charge in [0.15, 0.2) is 0 Å². The molecule has 186 valence electrons. The quantitative estimate of drug-likeness (QED) is 0.584. The van der Waals surface area contributed by atoms with Gasteiger partial charge in [0.1, 0.15) is 18.3 Å². The number of nitrogens with one attached hydrogen (secondary N) is 1. The Morgan fingerprint density at radius 2 is 1.71 bits per heavy atom. The summed E-state index contributed by atoms with van der Waals surface area (Å²) in [5, 5.41) is 2.90. The van der Waals surface area contributed by atoms with Crippen LogP contribution in [0.5, 0.6) is 5.75 Å². The SMILES string of the molecule is COc1ccc(N(CC(=O)N(Cc2cccc(C)c2)[C@H](C)C(=O)NC(C)(C)C)S(C)(=O)=O)cc1. The average Bonchev–Trinajstić information content (AvgIpc) is 2.73. The molecule has 0 bridgehead atoms. The normalized spacial score (nSPS) is 12.6. The van der Waals surface area contributed by atoms with Gasteiger partial charge in [0, 0.05) is 12.1 Å². The highest BCUT2D eigenvalue weighted by Gasteiger charge is 2.31. The molecule has 0 heterocycles. The molecule has 0 saturated heterocycles. The van der Waals surface area contributed by atoms with Crippen LogP contribution in [-0.2, 0) is 26.2 Å². The smallest absolute Gasteiger partial charge is 0.244 e. The first kappa shape index (κ1) is 27.2. The van der Waals surface area contributed by atoms with Crippen molar-refractivity contribution in [1.82, 2.24) is 10.2 Å². The van der Waals surface area contributed by atoms with Crippen molar-refractivity contribution in [3.05, 3.63) is 59.7 Å². The standard InChI is InChI=1S/C25H35N3O5S/c1-18-9-8-10-20(15-18)16-27(19(2)24(30)26-25(3,4)5)23(29)17-28(34(7,31)32)21-11-13-22(33-6)14-12-21/h8-15,19H,16-17H2,1-7H3,(H,26,30)/t19-/m1/s1. The zero-order valence-electron chi connectivity index (χ0n) is 21.0. The lowest BCUT2D eigenvalue weighted by Gasteiger charge is -2.33. The van der Waals surface area contributed by atoms with E-state index in [-0.39, 0.29) is 12.5 Å². The van der Waals surface area contributed by atoms with Crippen LogP contribution in [0.1, 0.15) is 38.8 Å². The van der Waals surface area contributed by atoms with Gasteiger partial charge in [-0.1, -0.05) is 29.8 Å². The summed E-state index contributed by atoms with van der Waals surface area (Å²) in [4.78, 5) is 27.9. The van der Waals surface area contributed by atoms with E-state index in [9.17, 15) is 18.0 Å². The summed E-state index contributed by atoms with van der Waals surface area (Å²) in [5.41, 5.74) is 1.72. The third-order valence-electron chi connectivity index (χ3n) is 5.14. The number of hydrogen-bond donors (Lipinski definition) is 1. The van der Waals surface area contributed by atoms with E-state index in [0.717, 1.165) is 21.7 Å². The number of rotatable bonds is 9. The Bertz CT molecular complexity index is 1110. The fourth-order valence-electron chi connectivity index (χ4n) is 3.43. The van der Waals surface area contributed by atoms with Crippen molar-refractivity contribution in [2.75, 3.05) is 24.2 Å². The second-order valence-corrected chi connectivity index (χ2v) is 11.3. The maximum Gasteiger partial charge on any atom is 0.244 e. The molecule has 0 aromatic heterocycles. The molecular weight excluding hydrogens is 454 g/mol. The fraction of sp³-hybridized carbons (Fsp3) is 0.440. The number of amides is 2. The third kappa shape index (κ3) is 7.76. The van der Waals surface area contributed by atoms with E-state index in [2.05, 4.69) is 5.32 Å². The Morgan fingerprint density at radius 3 is 2.21 bits per heavy atom. The van der Waals surface area contributed by atoms with Crippen LogP contribution in [0.25, 0.3) is 0 Å². The molecule has 0 radical (unpaired) electrons. The molecule has 1 atom stereocenters. The van der Waals surface area contributed by atoms with Crippen molar-refractivity contribution in [3.63, 3.8) is 0 Å². The van der Waals surface area contributed by atoms with E-state index >= 15 is 0 Å². The zero-order chi connectivity index (χ0) is 25.7. The van der Waals surface area contributed by atoms with Gasteiger partial charge in [-0.2, -0.15) is 0 Å². The third-order valence-corrected chi connectivity index (χ3v) is 6.28. The summed E-state index contributed by atoms with van der Waals surface area (Å²) < 4.78 is 31.3. The van der Waals surface area contributed by atoms with Gasteiger partial charge in [-0.05, 0) is 64.4 Å². The second-order valence-electron chi connectivity index (χ2n) is 9.39. The number of methoxy groups -OCH3 is 1. The highest BCUT2D eigenvalue weighted by Crippen LogP contribution is 2.22. The molecule has 0 aliphatic heterocycles. The molecule has 8 nitrogen and oxygen atoms in total. The maximum absolute atomic E-state index is 13.5. The van der Waals surface area contributed by atoms with E-state index < -0.39 is 34.1 Å².